The number of carbonyl (C=O) groups is 1. The van der Waals surface area contributed by atoms with Crippen LogP contribution in [0.3, 0.4) is 0 Å². The minimum atomic E-state index is 0.630. The van der Waals surface area contributed by atoms with Gasteiger partial charge < -0.3 is 9.13 Å². The molecular formula is C10H11N3O. The number of rotatable bonds is 3. The maximum atomic E-state index is 10.7. The van der Waals surface area contributed by atoms with Gasteiger partial charge in [-0.15, -0.1) is 0 Å². The van der Waals surface area contributed by atoms with Gasteiger partial charge in [0.25, 0.3) is 0 Å². The van der Waals surface area contributed by atoms with Crippen LogP contribution in [0, 0.1) is 0 Å². The molecule has 72 valence electrons. The first kappa shape index (κ1) is 8.74. The topological polar surface area (TPSA) is 39.8 Å². The molecule has 0 fully saturated rings. The molecule has 0 aliphatic rings. The number of nitrogens with zero attached hydrogens (tertiary/aromatic N) is 3. The van der Waals surface area contributed by atoms with Gasteiger partial charge in [0.2, 0.25) is 0 Å². The molecule has 2 aromatic heterocycles. The molecule has 2 aromatic rings. The zero-order valence-corrected chi connectivity index (χ0v) is 7.92. The second-order valence-electron chi connectivity index (χ2n) is 3.13. The maximum Gasteiger partial charge on any atom is 0.166 e. The first-order valence-electron chi connectivity index (χ1n) is 4.38. The Labute approximate surface area is 81.8 Å². The van der Waals surface area contributed by atoms with Gasteiger partial charge in [0.05, 0.1) is 12.2 Å². The normalized spacial score (nSPS) is 10.4. The molecule has 0 atom stereocenters. The lowest BCUT2D eigenvalue weighted by Gasteiger charge is -2.04. The molecule has 0 N–H and O–H groups in total. The van der Waals surface area contributed by atoms with Crippen LogP contribution in [-0.2, 0) is 13.6 Å². The Morgan fingerprint density at radius 1 is 1.50 bits per heavy atom. The Kier molecular flexibility index (Phi) is 2.18. The van der Waals surface area contributed by atoms with Gasteiger partial charge in [0.15, 0.2) is 6.29 Å². The van der Waals surface area contributed by atoms with Crippen molar-refractivity contribution >= 4 is 6.29 Å². The zero-order valence-electron chi connectivity index (χ0n) is 7.92. The quantitative estimate of drug-likeness (QED) is 0.678. The molecule has 0 aromatic carbocycles. The highest BCUT2D eigenvalue weighted by atomic mass is 16.1. The highest BCUT2D eigenvalue weighted by Gasteiger charge is 2.03. The molecule has 2 rings (SSSR count). The molecule has 2 heterocycles. The van der Waals surface area contributed by atoms with Crippen LogP contribution in [0.4, 0.5) is 0 Å². The molecule has 0 radical (unpaired) electrons. The SMILES string of the molecule is Cn1ccnc1Cn1cccc1C=O. The largest absolute Gasteiger partial charge is 0.338 e. The summed E-state index contributed by atoms with van der Waals surface area (Å²) in [6, 6.07) is 3.64. The molecule has 0 unspecified atom stereocenters. The molecule has 0 bridgehead atoms. The van der Waals surface area contributed by atoms with Gasteiger partial charge in [0.1, 0.15) is 5.82 Å². The number of aldehydes is 1. The maximum absolute atomic E-state index is 10.7. The van der Waals surface area contributed by atoms with Crippen molar-refractivity contribution in [3.63, 3.8) is 0 Å². The van der Waals surface area contributed by atoms with Crippen molar-refractivity contribution in [2.24, 2.45) is 7.05 Å². The third-order valence-corrected chi connectivity index (χ3v) is 2.22. The van der Waals surface area contributed by atoms with Gasteiger partial charge in [-0.1, -0.05) is 0 Å². The van der Waals surface area contributed by atoms with E-state index in [1.807, 2.05) is 34.6 Å². The predicted octanol–water partition coefficient (Wildman–Crippen LogP) is 1.08. The summed E-state index contributed by atoms with van der Waals surface area (Å²) in [7, 11) is 1.94. The lowest BCUT2D eigenvalue weighted by molar-refractivity contribution is 0.111. The second-order valence-corrected chi connectivity index (χ2v) is 3.13. The summed E-state index contributed by atoms with van der Waals surface area (Å²) in [4.78, 5) is 14.8. The molecule has 0 amide bonds. The van der Waals surface area contributed by atoms with E-state index in [0.29, 0.717) is 12.2 Å². The highest BCUT2D eigenvalue weighted by Crippen LogP contribution is 2.03. The van der Waals surface area contributed by atoms with Crippen LogP contribution < -0.4 is 0 Å². The Morgan fingerprint density at radius 3 is 3.00 bits per heavy atom. The second kappa shape index (κ2) is 3.49. The summed E-state index contributed by atoms with van der Waals surface area (Å²) in [6.45, 7) is 0.630. The fraction of sp³-hybridized carbons (Fsp3) is 0.200. The van der Waals surface area contributed by atoms with Gasteiger partial charge in [-0.3, -0.25) is 4.79 Å². The average Bonchev–Trinajstić information content (AvgIpc) is 2.77. The Hall–Kier alpha value is -1.84. The summed E-state index contributed by atoms with van der Waals surface area (Å²) in [5.41, 5.74) is 0.674. The van der Waals surface area contributed by atoms with Crippen LogP contribution in [0.5, 0.6) is 0 Å². The van der Waals surface area contributed by atoms with E-state index >= 15 is 0 Å². The first-order valence-corrected chi connectivity index (χ1v) is 4.38. The number of imidazole rings is 1. The molecule has 4 heteroatoms. The lowest BCUT2D eigenvalue weighted by Crippen LogP contribution is -2.07. The number of hydrogen-bond donors (Lipinski definition) is 0. The predicted molar refractivity (Wildman–Crippen MR) is 52.1 cm³/mol. The van der Waals surface area contributed by atoms with Crippen LogP contribution in [0.25, 0.3) is 0 Å². The number of aromatic nitrogens is 3. The summed E-state index contributed by atoms with van der Waals surface area (Å²) in [5.74, 6) is 0.935. The molecule has 0 aliphatic carbocycles. The van der Waals surface area contributed by atoms with Gasteiger partial charge in [-0.25, -0.2) is 4.98 Å². The monoisotopic (exact) mass is 189 g/mol. The lowest BCUT2D eigenvalue weighted by atomic mass is 10.4. The molecule has 0 saturated carbocycles. The van der Waals surface area contributed by atoms with Gasteiger partial charge in [0, 0.05) is 25.6 Å². The number of hydrogen-bond acceptors (Lipinski definition) is 2. The smallest absolute Gasteiger partial charge is 0.166 e. The van der Waals surface area contributed by atoms with Crippen molar-refractivity contribution in [1.82, 2.24) is 14.1 Å². The summed E-state index contributed by atoms with van der Waals surface area (Å²) in [5, 5.41) is 0. The Balaban J connectivity index is 2.27. The highest BCUT2D eigenvalue weighted by molar-refractivity contribution is 5.72. The van der Waals surface area contributed by atoms with Crippen molar-refractivity contribution in [3.05, 3.63) is 42.2 Å². The van der Waals surface area contributed by atoms with Gasteiger partial charge in [-0.2, -0.15) is 0 Å². The molecule has 0 saturated heterocycles. The van der Waals surface area contributed by atoms with Gasteiger partial charge >= 0.3 is 0 Å². The first-order chi connectivity index (χ1) is 6.81. The van der Waals surface area contributed by atoms with Crippen molar-refractivity contribution in [2.45, 2.75) is 6.54 Å². The van der Waals surface area contributed by atoms with E-state index in [4.69, 9.17) is 0 Å². The van der Waals surface area contributed by atoms with Crippen LogP contribution in [-0.4, -0.2) is 20.4 Å². The van der Waals surface area contributed by atoms with Crippen LogP contribution >= 0.6 is 0 Å². The van der Waals surface area contributed by atoms with E-state index in [9.17, 15) is 4.79 Å². The Bertz CT molecular complexity index is 442. The third-order valence-electron chi connectivity index (χ3n) is 2.22. The van der Waals surface area contributed by atoms with Crippen molar-refractivity contribution in [3.8, 4) is 0 Å². The van der Waals surface area contributed by atoms with Crippen molar-refractivity contribution in [2.75, 3.05) is 0 Å². The molecule has 14 heavy (non-hydrogen) atoms. The minimum Gasteiger partial charge on any atom is -0.338 e. The summed E-state index contributed by atoms with van der Waals surface area (Å²) in [6.07, 6.45) is 6.36. The summed E-state index contributed by atoms with van der Waals surface area (Å²) < 4.78 is 3.81. The van der Waals surface area contributed by atoms with Crippen LogP contribution in [0.1, 0.15) is 16.3 Å². The zero-order chi connectivity index (χ0) is 9.97. The van der Waals surface area contributed by atoms with Crippen molar-refractivity contribution in [1.29, 1.82) is 0 Å². The average molecular weight is 189 g/mol. The van der Waals surface area contributed by atoms with Crippen LogP contribution in [0.15, 0.2) is 30.7 Å². The van der Waals surface area contributed by atoms with Crippen LogP contribution in [0.2, 0.25) is 0 Å². The fourth-order valence-electron chi connectivity index (χ4n) is 1.38. The van der Waals surface area contributed by atoms with E-state index in [0.717, 1.165) is 12.1 Å². The molecule has 0 aliphatic heterocycles. The van der Waals surface area contributed by atoms with E-state index < -0.39 is 0 Å². The van der Waals surface area contributed by atoms with E-state index in [1.165, 1.54) is 0 Å². The minimum absolute atomic E-state index is 0.630. The fourth-order valence-corrected chi connectivity index (χ4v) is 1.38. The standard InChI is InChI=1S/C10H11N3O/c1-12-6-4-11-10(12)7-13-5-2-3-9(13)8-14/h2-6,8H,7H2,1H3. The van der Waals surface area contributed by atoms with E-state index in [1.54, 1.807) is 12.3 Å². The van der Waals surface area contributed by atoms with E-state index in [-0.39, 0.29) is 0 Å². The molecular weight excluding hydrogens is 178 g/mol. The Morgan fingerprint density at radius 2 is 2.36 bits per heavy atom. The summed E-state index contributed by atoms with van der Waals surface area (Å²) >= 11 is 0. The molecule has 0 spiro atoms. The third kappa shape index (κ3) is 1.46. The van der Waals surface area contributed by atoms with Gasteiger partial charge in [-0.05, 0) is 12.1 Å². The number of carbonyl (C=O) groups excluding carboxylic acids is 1. The molecule has 4 nitrogen and oxygen atoms in total. The van der Waals surface area contributed by atoms with Crippen molar-refractivity contribution < 1.29 is 4.79 Å². The van der Waals surface area contributed by atoms with E-state index in [2.05, 4.69) is 4.98 Å². The number of aryl methyl sites for hydroxylation is 1.